The number of primary amides is 1. The zero-order chi connectivity index (χ0) is 23.7. The number of piperidine rings is 1. The van der Waals surface area contributed by atoms with Gasteiger partial charge in [-0.2, -0.15) is 0 Å². The molecule has 33 heavy (non-hydrogen) atoms. The number of hydrogen-bond acceptors (Lipinski definition) is 6. The lowest BCUT2D eigenvalue weighted by atomic mass is 9.92. The molecule has 9 heteroatoms. The fraction of sp³-hybridized carbons (Fsp3) is 0.708. The van der Waals surface area contributed by atoms with Crippen molar-refractivity contribution in [1.82, 2.24) is 14.7 Å². The second-order valence-electron chi connectivity index (χ2n) is 10.1. The van der Waals surface area contributed by atoms with E-state index in [-0.39, 0.29) is 17.9 Å². The summed E-state index contributed by atoms with van der Waals surface area (Å²) in [6, 6.07) is -0.315. The Bertz CT molecular complexity index is 898. The molecule has 0 aromatic carbocycles. The van der Waals surface area contributed by atoms with Crippen LogP contribution in [0.15, 0.2) is 0 Å². The van der Waals surface area contributed by atoms with Gasteiger partial charge in [-0.15, -0.1) is 11.3 Å². The molecule has 0 saturated carbocycles. The maximum atomic E-state index is 13.0. The van der Waals surface area contributed by atoms with Crippen molar-refractivity contribution in [2.24, 2.45) is 17.6 Å². The summed E-state index contributed by atoms with van der Waals surface area (Å²) in [5.41, 5.74) is 7.14. The van der Waals surface area contributed by atoms with Crippen LogP contribution in [0.25, 0.3) is 0 Å². The highest BCUT2D eigenvalue weighted by atomic mass is 32.1. The van der Waals surface area contributed by atoms with E-state index in [1.54, 1.807) is 0 Å². The van der Waals surface area contributed by atoms with Gasteiger partial charge in [-0.3, -0.25) is 24.2 Å². The lowest BCUT2D eigenvalue weighted by molar-refractivity contribution is -0.136. The summed E-state index contributed by atoms with van der Waals surface area (Å²) in [6.45, 7) is 11.5. The van der Waals surface area contributed by atoms with Gasteiger partial charge in [-0.1, -0.05) is 13.8 Å². The van der Waals surface area contributed by atoms with Gasteiger partial charge >= 0.3 is 0 Å². The Labute approximate surface area is 200 Å². The van der Waals surface area contributed by atoms with E-state index in [1.165, 1.54) is 22.6 Å². The van der Waals surface area contributed by atoms with E-state index in [4.69, 9.17) is 5.73 Å². The number of nitrogens with zero attached hydrogens (tertiary/aromatic N) is 3. The van der Waals surface area contributed by atoms with Gasteiger partial charge < -0.3 is 16.0 Å². The first-order chi connectivity index (χ1) is 15.7. The Hall–Kier alpha value is -1.97. The first-order valence-corrected chi connectivity index (χ1v) is 13.0. The highest BCUT2D eigenvalue weighted by molar-refractivity contribution is 7.17. The van der Waals surface area contributed by atoms with Crippen molar-refractivity contribution in [3.8, 4) is 0 Å². The number of thiophene rings is 1. The quantitative estimate of drug-likeness (QED) is 0.654. The van der Waals surface area contributed by atoms with Crippen molar-refractivity contribution in [3.63, 3.8) is 0 Å². The van der Waals surface area contributed by atoms with Crippen LogP contribution in [-0.4, -0.2) is 84.3 Å². The van der Waals surface area contributed by atoms with Crippen molar-refractivity contribution in [2.75, 3.05) is 51.1 Å². The molecule has 0 bridgehead atoms. The van der Waals surface area contributed by atoms with E-state index in [0.717, 1.165) is 64.1 Å². The summed E-state index contributed by atoms with van der Waals surface area (Å²) in [5, 5.41) is 3.57. The van der Waals surface area contributed by atoms with E-state index < -0.39 is 5.91 Å². The molecule has 8 nitrogen and oxygen atoms in total. The number of rotatable bonds is 6. The second-order valence-corrected chi connectivity index (χ2v) is 11.3. The molecule has 3 N–H and O–H groups in total. The lowest BCUT2D eigenvalue weighted by Crippen LogP contribution is -2.55. The third-order valence-corrected chi connectivity index (χ3v) is 8.53. The highest BCUT2D eigenvalue weighted by Crippen LogP contribution is 2.39. The molecule has 2 fully saturated rings. The largest absolute Gasteiger partial charge is 0.365 e. The van der Waals surface area contributed by atoms with Crippen molar-refractivity contribution in [1.29, 1.82) is 0 Å². The van der Waals surface area contributed by atoms with Gasteiger partial charge in [0.25, 0.3) is 5.91 Å². The molecule has 0 spiro atoms. The summed E-state index contributed by atoms with van der Waals surface area (Å²) in [6.07, 6.45) is 4.03. The van der Waals surface area contributed by atoms with Crippen LogP contribution in [0, 0.1) is 11.8 Å². The van der Waals surface area contributed by atoms with E-state index in [0.29, 0.717) is 28.9 Å². The van der Waals surface area contributed by atoms with Crippen LogP contribution >= 0.6 is 11.3 Å². The SMILES string of the molecule is CC1CC(C)CN(C(=O)CN2CCN(C(C)C(=O)Nc3sc4c(c3C(N)=O)CCC4)CC2)C1. The Kier molecular flexibility index (Phi) is 7.40. The monoisotopic (exact) mass is 475 g/mol. The summed E-state index contributed by atoms with van der Waals surface area (Å²) in [7, 11) is 0. The number of likely N-dealkylation sites (tertiary alicyclic amines) is 1. The predicted octanol–water partition coefficient (Wildman–Crippen LogP) is 1.78. The molecule has 3 amide bonds. The second kappa shape index (κ2) is 10.1. The molecule has 3 heterocycles. The maximum absolute atomic E-state index is 13.0. The topological polar surface area (TPSA) is 99.0 Å². The van der Waals surface area contributed by atoms with E-state index in [2.05, 4.69) is 29.0 Å². The fourth-order valence-corrected chi connectivity index (χ4v) is 6.90. The lowest BCUT2D eigenvalue weighted by Gasteiger charge is -2.39. The van der Waals surface area contributed by atoms with Crippen LogP contribution in [-0.2, 0) is 22.4 Å². The van der Waals surface area contributed by atoms with Gasteiger partial charge in [-0.05, 0) is 50.0 Å². The Morgan fingerprint density at radius 3 is 2.39 bits per heavy atom. The molecule has 2 aliphatic heterocycles. The van der Waals surface area contributed by atoms with Crippen LogP contribution in [0.4, 0.5) is 5.00 Å². The number of hydrogen-bond donors (Lipinski definition) is 2. The molecule has 1 aromatic rings. The molecular formula is C24H37N5O3S. The smallest absolute Gasteiger partial charge is 0.251 e. The van der Waals surface area contributed by atoms with Gasteiger partial charge in [0.15, 0.2) is 0 Å². The molecule has 3 atom stereocenters. The molecule has 3 unspecified atom stereocenters. The van der Waals surface area contributed by atoms with Crippen molar-refractivity contribution >= 4 is 34.1 Å². The Morgan fingerprint density at radius 1 is 1.09 bits per heavy atom. The maximum Gasteiger partial charge on any atom is 0.251 e. The summed E-state index contributed by atoms with van der Waals surface area (Å²) in [5.74, 6) is 0.769. The van der Waals surface area contributed by atoms with Crippen LogP contribution in [0.3, 0.4) is 0 Å². The number of fused-ring (bicyclic) bond motifs is 1. The molecular weight excluding hydrogens is 438 g/mol. The fourth-order valence-electron chi connectivity index (χ4n) is 5.60. The number of carbonyl (C=O) groups is 3. The zero-order valence-corrected chi connectivity index (χ0v) is 20.9. The van der Waals surface area contributed by atoms with E-state index in [9.17, 15) is 14.4 Å². The number of anilines is 1. The number of nitrogens with one attached hydrogen (secondary N) is 1. The van der Waals surface area contributed by atoms with E-state index >= 15 is 0 Å². The number of nitrogens with two attached hydrogens (primary N) is 1. The number of amides is 3. The first-order valence-electron chi connectivity index (χ1n) is 12.2. The zero-order valence-electron chi connectivity index (χ0n) is 20.1. The first kappa shape index (κ1) is 24.2. The minimum Gasteiger partial charge on any atom is -0.365 e. The Morgan fingerprint density at radius 2 is 1.76 bits per heavy atom. The Balaban J connectivity index is 1.28. The van der Waals surface area contributed by atoms with Gasteiger partial charge in [-0.25, -0.2) is 0 Å². The molecule has 1 aliphatic carbocycles. The molecule has 2 saturated heterocycles. The molecule has 182 valence electrons. The third-order valence-electron chi connectivity index (χ3n) is 7.32. The molecule has 4 rings (SSSR count). The standard InChI is InChI=1S/C24H37N5O3S/c1-15-11-16(2)13-29(12-15)20(30)14-27-7-9-28(10-8-27)17(3)23(32)26-24-21(22(25)31)18-5-4-6-19(18)33-24/h15-17H,4-14H2,1-3H3,(H2,25,31)(H,26,32). The average molecular weight is 476 g/mol. The van der Waals surface area contributed by atoms with Crippen LogP contribution in [0.5, 0.6) is 0 Å². The summed E-state index contributed by atoms with van der Waals surface area (Å²) < 4.78 is 0. The molecule has 3 aliphatic rings. The molecule has 0 radical (unpaired) electrons. The summed E-state index contributed by atoms with van der Waals surface area (Å²) >= 11 is 1.49. The number of piperazine rings is 1. The van der Waals surface area contributed by atoms with Crippen molar-refractivity contribution in [3.05, 3.63) is 16.0 Å². The van der Waals surface area contributed by atoms with Crippen LogP contribution in [0.1, 0.15) is 54.4 Å². The van der Waals surface area contributed by atoms with Gasteiger partial charge in [0.1, 0.15) is 5.00 Å². The predicted molar refractivity (Wildman–Crippen MR) is 130 cm³/mol. The number of carbonyl (C=O) groups excluding carboxylic acids is 3. The minimum absolute atomic E-state index is 0.113. The summed E-state index contributed by atoms with van der Waals surface area (Å²) in [4.78, 5) is 45.3. The average Bonchev–Trinajstić information content (AvgIpc) is 3.33. The normalized spacial score (nSPS) is 25.0. The minimum atomic E-state index is -0.465. The van der Waals surface area contributed by atoms with Crippen LogP contribution in [0.2, 0.25) is 0 Å². The highest BCUT2D eigenvalue weighted by Gasteiger charge is 2.31. The van der Waals surface area contributed by atoms with Gasteiger partial charge in [0, 0.05) is 44.1 Å². The van der Waals surface area contributed by atoms with Crippen molar-refractivity contribution in [2.45, 2.75) is 52.5 Å². The van der Waals surface area contributed by atoms with E-state index in [1.807, 2.05) is 11.8 Å². The van der Waals surface area contributed by atoms with Gasteiger partial charge in [0.05, 0.1) is 18.2 Å². The third kappa shape index (κ3) is 5.41. The molecule has 1 aromatic heterocycles. The number of aryl methyl sites for hydroxylation is 1. The van der Waals surface area contributed by atoms with Crippen molar-refractivity contribution < 1.29 is 14.4 Å². The van der Waals surface area contributed by atoms with Crippen LogP contribution < -0.4 is 11.1 Å². The van der Waals surface area contributed by atoms with Gasteiger partial charge in [0.2, 0.25) is 11.8 Å².